The first-order chi connectivity index (χ1) is 8.99. The third kappa shape index (κ3) is 2.87. The molecule has 2 rings (SSSR count). The first kappa shape index (κ1) is 13.4. The molecule has 0 aliphatic rings. The minimum absolute atomic E-state index is 0.349. The van der Waals surface area contributed by atoms with Gasteiger partial charge in [0.1, 0.15) is 5.75 Å². The Kier molecular flexibility index (Phi) is 3.74. The molecule has 3 nitrogen and oxygen atoms in total. The van der Waals surface area contributed by atoms with Gasteiger partial charge in [-0.15, -0.1) is 0 Å². The molecule has 100 valence electrons. The molecule has 2 aromatic rings. The second kappa shape index (κ2) is 5.31. The van der Waals surface area contributed by atoms with Crippen LogP contribution >= 0.6 is 0 Å². The van der Waals surface area contributed by atoms with E-state index in [0.717, 1.165) is 28.1 Å². The predicted octanol–water partition coefficient (Wildman–Crippen LogP) is 4.20. The number of aryl methyl sites for hydroxylation is 2. The third-order valence-corrected chi connectivity index (χ3v) is 3.19. The smallest absolute Gasteiger partial charge is 0.222 e. The van der Waals surface area contributed by atoms with Gasteiger partial charge >= 0.3 is 0 Å². The summed E-state index contributed by atoms with van der Waals surface area (Å²) >= 11 is 0. The van der Waals surface area contributed by atoms with E-state index in [1.807, 2.05) is 38.1 Å². The number of rotatable bonds is 3. The Morgan fingerprint density at radius 1 is 1.16 bits per heavy atom. The molecule has 0 atom stereocenters. The van der Waals surface area contributed by atoms with Crippen molar-refractivity contribution in [1.82, 2.24) is 4.98 Å². The van der Waals surface area contributed by atoms with Crippen LogP contribution in [0.5, 0.6) is 11.6 Å². The first-order valence-electron chi connectivity index (χ1n) is 6.48. The molecular weight excluding hydrogens is 236 g/mol. The molecule has 0 bridgehead atoms. The monoisotopic (exact) mass is 256 g/mol. The number of hydrogen-bond acceptors (Lipinski definition) is 3. The van der Waals surface area contributed by atoms with E-state index in [2.05, 4.69) is 18.8 Å². The first-order valence-corrected chi connectivity index (χ1v) is 6.48. The summed E-state index contributed by atoms with van der Waals surface area (Å²) in [7, 11) is 0. The Morgan fingerprint density at radius 2 is 1.89 bits per heavy atom. The number of benzene rings is 1. The lowest BCUT2D eigenvalue weighted by Gasteiger charge is -2.16. The van der Waals surface area contributed by atoms with Gasteiger partial charge in [-0.2, -0.15) is 0 Å². The van der Waals surface area contributed by atoms with Gasteiger partial charge in [0.25, 0.3) is 0 Å². The van der Waals surface area contributed by atoms with Crippen molar-refractivity contribution in [3.8, 4) is 11.6 Å². The summed E-state index contributed by atoms with van der Waals surface area (Å²) < 4.78 is 5.97. The fourth-order valence-corrected chi connectivity index (χ4v) is 1.94. The van der Waals surface area contributed by atoms with Gasteiger partial charge in [0.15, 0.2) is 0 Å². The quantitative estimate of drug-likeness (QED) is 0.837. The second-order valence-electron chi connectivity index (χ2n) is 5.13. The predicted molar refractivity (Wildman–Crippen MR) is 78.7 cm³/mol. The SMILES string of the molecule is Cc1cc(Oc2ncccc2C)c(C(C)C)cc1N. The molecule has 0 spiro atoms. The van der Waals surface area contributed by atoms with Crippen molar-refractivity contribution in [3.05, 3.63) is 47.2 Å². The van der Waals surface area contributed by atoms with Crippen molar-refractivity contribution in [2.45, 2.75) is 33.6 Å². The average molecular weight is 256 g/mol. The summed E-state index contributed by atoms with van der Waals surface area (Å²) in [5, 5.41) is 0. The molecule has 0 amide bonds. The second-order valence-corrected chi connectivity index (χ2v) is 5.13. The minimum Gasteiger partial charge on any atom is -0.438 e. The zero-order valence-electron chi connectivity index (χ0n) is 11.9. The van der Waals surface area contributed by atoms with Gasteiger partial charge in [0.2, 0.25) is 5.88 Å². The fraction of sp³-hybridized carbons (Fsp3) is 0.312. The van der Waals surface area contributed by atoms with Gasteiger partial charge < -0.3 is 10.5 Å². The molecule has 1 heterocycles. The number of nitrogens with two attached hydrogens (primary N) is 1. The van der Waals surface area contributed by atoms with Gasteiger partial charge in [0.05, 0.1) is 0 Å². The molecule has 0 aliphatic carbocycles. The van der Waals surface area contributed by atoms with Crippen LogP contribution in [-0.4, -0.2) is 4.98 Å². The molecular formula is C16H20N2O. The Morgan fingerprint density at radius 3 is 2.53 bits per heavy atom. The minimum atomic E-state index is 0.349. The summed E-state index contributed by atoms with van der Waals surface area (Å²) in [6.07, 6.45) is 1.74. The largest absolute Gasteiger partial charge is 0.438 e. The van der Waals surface area contributed by atoms with Gasteiger partial charge in [0, 0.05) is 17.4 Å². The van der Waals surface area contributed by atoms with Crippen LogP contribution in [0, 0.1) is 13.8 Å². The summed E-state index contributed by atoms with van der Waals surface area (Å²) in [4.78, 5) is 4.27. The average Bonchev–Trinajstić information content (AvgIpc) is 2.36. The Bertz CT molecular complexity index is 591. The molecule has 1 aromatic carbocycles. The number of aromatic nitrogens is 1. The lowest BCUT2D eigenvalue weighted by molar-refractivity contribution is 0.450. The maximum absolute atomic E-state index is 5.98. The number of ether oxygens (including phenoxy) is 1. The van der Waals surface area contributed by atoms with Crippen LogP contribution < -0.4 is 10.5 Å². The molecule has 0 saturated heterocycles. The maximum Gasteiger partial charge on any atom is 0.222 e. The summed E-state index contributed by atoms with van der Waals surface area (Å²) in [6.45, 7) is 8.23. The van der Waals surface area contributed by atoms with Crippen molar-refractivity contribution < 1.29 is 4.74 Å². The standard InChI is InChI=1S/C16H20N2O/c1-10(2)13-9-14(17)12(4)8-15(13)19-16-11(3)6-5-7-18-16/h5-10H,17H2,1-4H3. The molecule has 0 saturated carbocycles. The van der Waals surface area contributed by atoms with Crippen molar-refractivity contribution in [2.75, 3.05) is 5.73 Å². The van der Waals surface area contributed by atoms with Crippen LogP contribution in [-0.2, 0) is 0 Å². The highest BCUT2D eigenvalue weighted by Gasteiger charge is 2.12. The Hall–Kier alpha value is -2.03. The van der Waals surface area contributed by atoms with Crippen LogP contribution in [0.3, 0.4) is 0 Å². The van der Waals surface area contributed by atoms with Gasteiger partial charge in [-0.05, 0) is 49.1 Å². The summed E-state index contributed by atoms with van der Waals surface area (Å²) in [5.74, 6) is 1.83. The normalized spacial score (nSPS) is 10.8. The molecule has 19 heavy (non-hydrogen) atoms. The van der Waals surface area contributed by atoms with E-state index in [4.69, 9.17) is 10.5 Å². The highest BCUT2D eigenvalue weighted by Crippen LogP contribution is 2.34. The van der Waals surface area contributed by atoms with E-state index >= 15 is 0 Å². The lowest BCUT2D eigenvalue weighted by Crippen LogP contribution is -2.00. The third-order valence-electron chi connectivity index (χ3n) is 3.19. The molecule has 2 N–H and O–H groups in total. The van der Waals surface area contributed by atoms with Gasteiger partial charge in [-0.25, -0.2) is 4.98 Å². The molecule has 0 aliphatic heterocycles. The lowest BCUT2D eigenvalue weighted by atomic mass is 9.99. The molecule has 0 unspecified atom stereocenters. The fourth-order valence-electron chi connectivity index (χ4n) is 1.94. The number of nitrogens with zero attached hydrogens (tertiary/aromatic N) is 1. The summed E-state index contributed by atoms with van der Waals surface area (Å²) in [6, 6.07) is 7.87. The van der Waals surface area contributed by atoms with Crippen LogP contribution in [0.15, 0.2) is 30.5 Å². The topological polar surface area (TPSA) is 48.1 Å². The van der Waals surface area contributed by atoms with Gasteiger partial charge in [-0.1, -0.05) is 19.9 Å². The van der Waals surface area contributed by atoms with E-state index in [9.17, 15) is 0 Å². The van der Waals surface area contributed by atoms with Crippen LogP contribution in [0.4, 0.5) is 5.69 Å². The Balaban J connectivity index is 2.45. The Labute approximate surface area is 114 Å². The van der Waals surface area contributed by atoms with Crippen molar-refractivity contribution in [1.29, 1.82) is 0 Å². The number of nitrogen functional groups attached to an aromatic ring is 1. The van der Waals surface area contributed by atoms with Crippen LogP contribution in [0.1, 0.15) is 36.5 Å². The highest BCUT2D eigenvalue weighted by atomic mass is 16.5. The summed E-state index contributed by atoms with van der Waals surface area (Å²) in [5.41, 5.74) is 9.93. The van der Waals surface area contributed by atoms with E-state index in [1.165, 1.54) is 0 Å². The van der Waals surface area contributed by atoms with Crippen molar-refractivity contribution >= 4 is 5.69 Å². The zero-order chi connectivity index (χ0) is 14.0. The molecule has 0 radical (unpaired) electrons. The van der Waals surface area contributed by atoms with E-state index in [-0.39, 0.29) is 0 Å². The van der Waals surface area contributed by atoms with Crippen LogP contribution in [0.25, 0.3) is 0 Å². The maximum atomic E-state index is 5.98. The van der Waals surface area contributed by atoms with Crippen molar-refractivity contribution in [2.24, 2.45) is 0 Å². The van der Waals surface area contributed by atoms with Crippen molar-refractivity contribution in [3.63, 3.8) is 0 Å². The molecule has 0 fully saturated rings. The van der Waals surface area contributed by atoms with E-state index in [1.54, 1.807) is 6.20 Å². The number of anilines is 1. The number of hydrogen-bond donors (Lipinski definition) is 1. The van der Waals surface area contributed by atoms with Crippen LogP contribution in [0.2, 0.25) is 0 Å². The molecule has 1 aromatic heterocycles. The molecule has 3 heteroatoms. The van der Waals surface area contributed by atoms with E-state index < -0.39 is 0 Å². The van der Waals surface area contributed by atoms with Gasteiger partial charge in [-0.3, -0.25) is 0 Å². The highest BCUT2D eigenvalue weighted by molar-refractivity contribution is 5.55. The zero-order valence-corrected chi connectivity index (χ0v) is 11.9. The van der Waals surface area contributed by atoms with E-state index in [0.29, 0.717) is 11.8 Å². The number of pyridine rings is 1.